The quantitative estimate of drug-likeness (QED) is 0.674. The fraction of sp³-hybridized carbons (Fsp3) is 0.304. The van der Waals surface area contributed by atoms with E-state index in [0.29, 0.717) is 37.5 Å². The zero-order chi connectivity index (χ0) is 20.2. The van der Waals surface area contributed by atoms with E-state index in [2.05, 4.69) is 0 Å². The van der Waals surface area contributed by atoms with E-state index in [9.17, 15) is 9.59 Å². The lowest BCUT2D eigenvalue weighted by Gasteiger charge is -2.30. The van der Waals surface area contributed by atoms with Gasteiger partial charge < -0.3 is 19.2 Å². The van der Waals surface area contributed by atoms with Gasteiger partial charge in [-0.1, -0.05) is 30.3 Å². The molecule has 2 aromatic carbocycles. The van der Waals surface area contributed by atoms with Gasteiger partial charge in [-0.3, -0.25) is 9.59 Å². The molecular formula is C23H23NO5. The van der Waals surface area contributed by atoms with E-state index in [1.807, 2.05) is 42.5 Å². The van der Waals surface area contributed by atoms with Gasteiger partial charge in [-0.2, -0.15) is 0 Å². The zero-order valence-corrected chi connectivity index (χ0v) is 16.0. The van der Waals surface area contributed by atoms with Crippen LogP contribution in [0.1, 0.15) is 35.6 Å². The third-order valence-electron chi connectivity index (χ3n) is 5.34. The van der Waals surface area contributed by atoms with Gasteiger partial charge in [0, 0.05) is 19.5 Å². The first-order valence-corrected chi connectivity index (χ1v) is 9.80. The fourth-order valence-electron chi connectivity index (χ4n) is 3.73. The Kier molecular flexibility index (Phi) is 5.51. The number of benzene rings is 2. The number of fused-ring (bicyclic) bond motifs is 1. The summed E-state index contributed by atoms with van der Waals surface area (Å²) in [6, 6.07) is 17.4. The van der Waals surface area contributed by atoms with Crippen LogP contribution in [0.15, 0.2) is 59.0 Å². The molecule has 6 heteroatoms. The van der Waals surface area contributed by atoms with Crippen LogP contribution in [-0.2, 0) is 11.4 Å². The van der Waals surface area contributed by atoms with E-state index in [1.165, 1.54) is 0 Å². The molecule has 0 saturated carbocycles. The van der Waals surface area contributed by atoms with Crippen molar-refractivity contribution in [2.24, 2.45) is 5.92 Å². The Hall–Kier alpha value is -3.28. The summed E-state index contributed by atoms with van der Waals surface area (Å²) >= 11 is 0. The van der Waals surface area contributed by atoms with Crippen molar-refractivity contribution in [1.82, 2.24) is 4.90 Å². The van der Waals surface area contributed by atoms with Crippen molar-refractivity contribution < 1.29 is 23.8 Å². The number of carboxylic acid groups (broad SMARTS) is 1. The maximum atomic E-state index is 12.6. The third kappa shape index (κ3) is 4.59. The number of aliphatic carboxylic acids is 1. The summed E-state index contributed by atoms with van der Waals surface area (Å²) in [5.41, 5.74) is 0. The molecule has 1 saturated heterocycles. The van der Waals surface area contributed by atoms with Gasteiger partial charge in [0.1, 0.15) is 18.1 Å². The molecule has 1 fully saturated rings. The van der Waals surface area contributed by atoms with Crippen LogP contribution in [0.3, 0.4) is 0 Å². The second kappa shape index (κ2) is 8.39. The summed E-state index contributed by atoms with van der Waals surface area (Å²) < 4.78 is 11.5. The Morgan fingerprint density at radius 3 is 2.55 bits per heavy atom. The Morgan fingerprint density at radius 1 is 1.03 bits per heavy atom. The van der Waals surface area contributed by atoms with Gasteiger partial charge >= 0.3 is 5.97 Å². The number of carbonyl (C=O) groups is 2. The fourth-order valence-corrected chi connectivity index (χ4v) is 3.73. The minimum atomic E-state index is -0.781. The maximum Gasteiger partial charge on any atom is 0.303 e. The van der Waals surface area contributed by atoms with Gasteiger partial charge in [-0.15, -0.1) is 0 Å². The molecule has 6 nitrogen and oxygen atoms in total. The van der Waals surface area contributed by atoms with Gasteiger partial charge in [0.25, 0.3) is 5.91 Å². The number of carbonyl (C=O) groups excluding carboxylic acids is 1. The van der Waals surface area contributed by atoms with Crippen LogP contribution in [0, 0.1) is 5.92 Å². The van der Waals surface area contributed by atoms with E-state index < -0.39 is 5.97 Å². The highest BCUT2D eigenvalue weighted by molar-refractivity contribution is 5.91. The monoisotopic (exact) mass is 393 g/mol. The molecule has 1 N–H and O–H groups in total. The number of likely N-dealkylation sites (tertiary alicyclic amines) is 1. The van der Waals surface area contributed by atoms with Gasteiger partial charge in [0.2, 0.25) is 0 Å². The predicted molar refractivity (Wildman–Crippen MR) is 108 cm³/mol. The number of furan rings is 1. The van der Waals surface area contributed by atoms with Gasteiger partial charge in [0.05, 0.1) is 0 Å². The number of carboxylic acids is 1. The number of nitrogens with zero attached hydrogens (tertiary/aromatic N) is 1. The molecule has 0 atom stereocenters. The van der Waals surface area contributed by atoms with Crippen LogP contribution >= 0.6 is 0 Å². The first-order chi connectivity index (χ1) is 14.1. The number of piperidine rings is 1. The first-order valence-electron chi connectivity index (χ1n) is 9.80. The predicted octanol–water partition coefficient (Wildman–Crippen LogP) is 4.34. The van der Waals surface area contributed by atoms with E-state index in [-0.39, 0.29) is 24.9 Å². The normalized spacial score (nSPS) is 14.8. The van der Waals surface area contributed by atoms with Crippen LogP contribution in [0.5, 0.6) is 5.75 Å². The van der Waals surface area contributed by atoms with Crippen LogP contribution in [0.25, 0.3) is 10.8 Å². The smallest absolute Gasteiger partial charge is 0.303 e. The van der Waals surface area contributed by atoms with E-state index in [4.69, 9.17) is 14.3 Å². The molecule has 4 rings (SSSR count). The number of hydrogen-bond acceptors (Lipinski definition) is 4. The van der Waals surface area contributed by atoms with E-state index in [1.54, 1.807) is 17.0 Å². The van der Waals surface area contributed by atoms with Gasteiger partial charge in [-0.25, -0.2) is 0 Å². The van der Waals surface area contributed by atoms with E-state index in [0.717, 1.165) is 16.5 Å². The minimum Gasteiger partial charge on any atom is -0.486 e. The lowest BCUT2D eigenvalue weighted by Crippen LogP contribution is -2.38. The Labute approximate surface area is 168 Å². The summed E-state index contributed by atoms with van der Waals surface area (Å²) in [5.74, 6) is 0.821. The number of ether oxygens (including phenoxy) is 1. The molecule has 1 aliphatic heterocycles. The molecule has 0 spiro atoms. The second-order valence-electron chi connectivity index (χ2n) is 7.40. The third-order valence-corrected chi connectivity index (χ3v) is 5.34. The molecule has 1 amide bonds. The van der Waals surface area contributed by atoms with E-state index >= 15 is 0 Å². The number of amides is 1. The Morgan fingerprint density at radius 2 is 1.79 bits per heavy atom. The highest BCUT2D eigenvalue weighted by Gasteiger charge is 2.26. The second-order valence-corrected chi connectivity index (χ2v) is 7.40. The summed E-state index contributed by atoms with van der Waals surface area (Å²) in [5, 5.41) is 11.2. The van der Waals surface area contributed by atoms with Crippen LogP contribution in [0.4, 0.5) is 0 Å². The average Bonchev–Trinajstić information content (AvgIpc) is 3.21. The average molecular weight is 393 g/mol. The lowest BCUT2D eigenvalue weighted by molar-refractivity contribution is -0.138. The molecule has 0 bridgehead atoms. The van der Waals surface area contributed by atoms with Crippen molar-refractivity contribution in [2.45, 2.75) is 25.9 Å². The van der Waals surface area contributed by atoms with Crippen molar-refractivity contribution in [3.8, 4) is 5.75 Å². The molecule has 1 aromatic heterocycles. The Bertz CT molecular complexity index is 1020. The first kappa shape index (κ1) is 19.1. The minimum absolute atomic E-state index is 0.138. The topological polar surface area (TPSA) is 80.0 Å². The summed E-state index contributed by atoms with van der Waals surface area (Å²) in [6.07, 6.45) is 1.58. The standard InChI is InChI=1S/C23H23NO5/c25-22(26)13-16-9-11-24(12-10-16)23(27)21-8-7-20(29-21)15-28-19-6-5-17-3-1-2-4-18(17)14-19/h1-8,14,16H,9-13,15H2,(H,25,26). The summed E-state index contributed by atoms with van der Waals surface area (Å²) in [4.78, 5) is 25.2. The summed E-state index contributed by atoms with van der Waals surface area (Å²) in [7, 11) is 0. The number of rotatable bonds is 6. The molecule has 0 aliphatic carbocycles. The molecule has 29 heavy (non-hydrogen) atoms. The van der Waals surface area contributed by atoms with Gasteiger partial charge in [-0.05, 0) is 53.8 Å². The molecule has 150 valence electrons. The highest BCUT2D eigenvalue weighted by atomic mass is 16.5. The zero-order valence-electron chi connectivity index (χ0n) is 16.0. The Balaban J connectivity index is 1.33. The van der Waals surface area contributed by atoms with Crippen molar-refractivity contribution in [3.05, 3.63) is 66.1 Å². The van der Waals surface area contributed by atoms with Crippen LogP contribution in [-0.4, -0.2) is 35.0 Å². The van der Waals surface area contributed by atoms with Crippen molar-refractivity contribution in [1.29, 1.82) is 0 Å². The summed E-state index contributed by atoms with van der Waals surface area (Å²) in [6.45, 7) is 1.35. The van der Waals surface area contributed by atoms with Crippen molar-refractivity contribution in [3.63, 3.8) is 0 Å². The van der Waals surface area contributed by atoms with Crippen LogP contribution < -0.4 is 4.74 Å². The largest absolute Gasteiger partial charge is 0.486 e. The molecule has 0 radical (unpaired) electrons. The van der Waals surface area contributed by atoms with Crippen LogP contribution in [0.2, 0.25) is 0 Å². The number of hydrogen-bond donors (Lipinski definition) is 1. The highest BCUT2D eigenvalue weighted by Crippen LogP contribution is 2.24. The lowest BCUT2D eigenvalue weighted by atomic mass is 9.93. The molecule has 3 aromatic rings. The molecular weight excluding hydrogens is 370 g/mol. The van der Waals surface area contributed by atoms with Crippen molar-refractivity contribution in [2.75, 3.05) is 13.1 Å². The molecule has 0 unspecified atom stereocenters. The van der Waals surface area contributed by atoms with Gasteiger partial charge in [0.15, 0.2) is 5.76 Å². The van der Waals surface area contributed by atoms with Crippen molar-refractivity contribution >= 4 is 22.6 Å². The maximum absolute atomic E-state index is 12.6. The molecule has 1 aliphatic rings. The SMILES string of the molecule is O=C(O)CC1CCN(C(=O)c2ccc(COc3ccc4ccccc4c3)o2)CC1. The molecule has 2 heterocycles.